The molecule has 0 spiro atoms. The Morgan fingerprint density at radius 3 is 2.36 bits per heavy atom. The monoisotopic (exact) mass is 232 g/mol. The van der Waals surface area contributed by atoms with Crippen LogP contribution in [0.3, 0.4) is 0 Å². The normalized spacial score (nSPS) is 29.4. The van der Waals surface area contributed by atoms with Gasteiger partial charge in [0.1, 0.15) is 0 Å². The first-order valence-corrected chi connectivity index (χ1v) is 5.52. The Hall–Kier alpha value is -0.340. The van der Waals surface area contributed by atoms with Crippen LogP contribution in [0.2, 0.25) is 0 Å². The Bertz CT molecular complexity index is 301. The van der Waals surface area contributed by atoms with Gasteiger partial charge in [-0.25, -0.2) is 13.1 Å². The summed E-state index contributed by atoms with van der Waals surface area (Å²) in [5.41, 5.74) is -5.22. The highest BCUT2D eigenvalue weighted by Crippen LogP contribution is 2.22. The molecule has 4 nitrogen and oxygen atoms in total. The van der Waals surface area contributed by atoms with Gasteiger partial charge in [-0.05, 0) is 13.3 Å². The topological polar surface area (TPSA) is 58.2 Å². The molecule has 0 bridgehead atoms. The van der Waals surface area contributed by atoms with E-state index in [0.717, 1.165) is 0 Å². The van der Waals surface area contributed by atoms with Crippen LogP contribution in [0.5, 0.6) is 0 Å². The fraction of sp³-hybridized carbons (Fsp3) is 1.00. The molecule has 0 aromatic heterocycles. The van der Waals surface area contributed by atoms with Gasteiger partial charge in [-0.15, -0.1) is 0 Å². The van der Waals surface area contributed by atoms with E-state index in [2.05, 4.69) is 5.32 Å². The van der Waals surface area contributed by atoms with E-state index in [1.165, 1.54) is 0 Å². The maximum absolute atomic E-state index is 11.9. The molecule has 2 atom stereocenters. The highest BCUT2D eigenvalue weighted by molar-refractivity contribution is 7.90. The van der Waals surface area contributed by atoms with Crippen LogP contribution in [-0.4, -0.2) is 32.6 Å². The molecule has 2 N–H and O–H groups in total. The van der Waals surface area contributed by atoms with Crippen molar-refractivity contribution < 1.29 is 21.6 Å². The Balaban J connectivity index is 2.61. The molecule has 1 aliphatic rings. The van der Waals surface area contributed by atoms with Crippen LogP contribution in [0.4, 0.5) is 13.2 Å². The van der Waals surface area contributed by atoms with Crippen molar-refractivity contribution >= 4 is 10.0 Å². The van der Waals surface area contributed by atoms with Gasteiger partial charge in [0.25, 0.3) is 0 Å². The van der Waals surface area contributed by atoms with E-state index >= 15 is 0 Å². The Morgan fingerprint density at radius 2 is 2.00 bits per heavy atom. The van der Waals surface area contributed by atoms with Crippen LogP contribution in [0.15, 0.2) is 0 Å². The van der Waals surface area contributed by atoms with Crippen molar-refractivity contribution in [2.75, 3.05) is 6.54 Å². The fourth-order valence-corrected chi connectivity index (χ4v) is 2.06. The highest BCUT2D eigenvalue weighted by atomic mass is 32.2. The van der Waals surface area contributed by atoms with Crippen LogP contribution in [0.25, 0.3) is 0 Å². The predicted octanol–water partition coefficient (Wildman–Crippen LogP) is 0.176. The number of hydrogen-bond donors (Lipinski definition) is 2. The number of halogens is 3. The second-order valence-corrected chi connectivity index (χ2v) is 5.01. The van der Waals surface area contributed by atoms with Crippen LogP contribution in [-0.2, 0) is 10.0 Å². The van der Waals surface area contributed by atoms with Gasteiger partial charge in [0, 0.05) is 18.6 Å². The summed E-state index contributed by atoms with van der Waals surface area (Å²) >= 11 is 0. The van der Waals surface area contributed by atoms with Crippen molar-refractivity contribution in [1.29, 1.82) is 0 Å². The van der Waals surface area contributed by atoms with Crippen LogP contribution < -0.4 is 10.0 Å². The van der Waals surface area contributed by atoms with Gasteiger partial charge in [-0.1, -0.05) is 0 Å². The summed E-state index contributed by atoms with van der Waals surface area (Å²) in [6, 6.07) is -0.632. The summed E-state index contributed by atoms with van der Waals surface area (Å²) in [5.74, 6) is 0. The van der Waals surface area contributed by atoms with Crippen molar-refractivity contribution in [3.63, 3.8) is 0 Å². The minimum atomic E-state index is -5.22. The van der Waals surface area contributed by atoms with E-state index < -0.39 is 21.6 Å². The molecule has 1 fully saturated rings. The number of rotatable bonds is 2. The average molecular weight is 232 g/mol. The standard InChI is InChI=1S/C6H11F3N2O2S/c1-4-2-5(3-10-4)11-14(12,13)6(7,8)9/h4-5,10-11H,2-3H2,1H3/t4-,5?/m1/s1. The lowest BCUT2D eigenvalue weighted by atomic mass is 10.2. The van der Waals surface area contributed by atoms with E-state index in [4.69, 9.17) is 0 Å². The Morgan fingerprint density at radius 1 is 1.43 bits per heavy atom. The number of sulfonamides is 1. The molecule has 0 saturated carbocycles. The summed E-state index contributed by atoms with van der Waals surface area (Å²) in [5, 5.41) is 2.85. The fourth-order valence-electron chi connectivity index (χ4n) is 1.31. The Kier molecular flexibility index (Phi) is 3.07. The lowest BCUT2D eigenvalue weighted by molar-refractivity contribution is -0.0450. The minimum absolute atomic E-state index is 0.0379. The third-order valence-corrected chi connectivity index (χ3v) is 3.23. The second-order valence-electron chi connectivity index (χ2n) is 3.31. The predicted molar refractivity (Wildman–Crippen MR) is 44.0 cm³/mol. The van der Waals surface area contributed by atoms with Gasteiger partial charge >= 0.3 is 15.5 Å². The smallest absolute Gasteiger partial charge is 0.313 e. The molecule has 84 valence electrons. The quantitative estimate of drug-likeness (QED) is 0.714. The molecule has 0 radical (unpaired) electrons. The van der Waals surface area contributed by atoms with Crippen LogP contribution in [0, 0.1) is 0 Å². The lowest BCUT2D eigenvalue weighted by Gasteiger charge is -2.13. The van der Waals surface area contributed by atoms with Crippen LogP contribution in [0.1, 0.15) is 13.3 Å². The highest BCUT2D eigenvalue weighted by Gasteiger charge is 2.47. The van der Waals surface area contributed by atoms with E-state index in [1.54, 1.807) is 11.6 Å². The molecule has 1 heterocycles. The van der Waals surface area contributed by atoms with Crippen molar-refractivity contribution in [1.82, 2.24) is 10.0 Å². The zero-order valence-corrected chi connectivity index (χ0v) is 8.24. The molecule has 0 amide bonds. The van der Waals surface area contributed by atoms with Crippen molar-refractivity contribution in [2.45, 2.75) is 30.9 Å². The number of hydrogen-bond acceptors (Lipinski definition) is 3. The second kappa shape index (κ2) is 3.67. The molecule has 0 aromatic carbocycles. The molecule has 1 aliphatic heterocycles. The molecule has 1 saturated heterocycles. The molecule has 14 heavy (non-hydrogen) atoms. The maximum atomic E-state index is 11.9. The summed E-state index contributed by atoms with van der Waals surface area (Å²) in [4.78, 5) is 0. The molecule has 0 aromatic rings. The first kappa shape index (κ1) is 11.7. The van der Waals surface area contributed by atoms with Crippen LogP contribution >= 0.6 is 0 Å². The average Bonchev–Trinajstić information content (AvgIpc) is 2.31. The summed E-state index contributed by atoms with van der Waals surface area (Å²) in [6.07, 6.45) is 0.370. The molecule has 8 heteroatoms. The lowest BCUT2D eigenvalue weighted by Crippen LogP contribution is -2.43. The van der Waals surface area contributed by atoms with Gasteiger partial charge in [-0.2, -0.15) is 13.2 Å². The third kappa shape index (κ3) is 2.58. The van der Waals surface area contributed by atoms with Gasteiger partial charge in [0.15, 0.2) is 0 Å². The summed E-state index contributed by atoms with van der Waals surface area (Å²) < 4.78 is 58.7. The molecule has 0 aliphatic carbocycles. The zero-order valence-electron chi connectivity index (χ0n) is 7.43. The maximum Gasteiger partial charge on any atom is 0.511 e. The number of alkyl halides is 3. The minimum Gasteiger partial charge on any atom is -0.313 e. The van der Waals surface area contributed by atoms with Gasteiger partial charge in [-0.3, -0.25) is 0 Å². The first-order chi connectivity index (χ1) is 6.22. The van der Waals surface area contributed by atoms with Gasteiger partial charge < -0.3 is 5.32 Å². The van der Waals surface area contributed by atoms with E-state index in [1.807, 2.05) is 0 Å². The van der Waals surface area contributed by atoms with Crippen molar-refractivity contribution in [3.8, 4) is 0 Å². The number of nitrogens with one attached hydrogen (secondary N) is 2. The Labute approximate surface area is 79.9 Å². The summed E-state index contributed by atoms with van der Waals surface area (Å²) in [6.45, 7) is 2.01. The van der Waals surface area contributed by atoms with E-state index in [9.17, 15) is 21.6 Å². The van der Waals surface area contributed by atoms with Gasteiger partial charge in [0.05, 0.1) is 0 Å². The SMILES string of the molecule is C[C@@H]1CC(NS(=O)(=O)C(F)(F)F)CN1. The summed E-state index contributed by atoms with van der Waals surface area (Å²) in [7, 11) is -5.19. The van der Waals surface area contributed by atoms with Gasteiger partial charge in [0.2, 0.25) is 0 Å². The molecule has 1 unspecified atom stereocenters. The zero-order chi connectivity index (χ0) is 11.0. The third-order valence-electron chi connectivity index (χ3n) is 1.98. The van der Waals surface area contributed by atoms with Crippen molar-refractivity contribution in [2.24, 2.45) is 0 Å². The van der Waals surface area contributed by atoms with E-state index in [0.29, 0.717) is 6.42 Å². The van der Waals surface area contributed by atoms with E-state index in [-0.39, 0.29) is 12.6 Å². The van der Waals surface area contributed by atoms with Crippen molar-refractivity contribution in [3.05, 3.63) is 0 Å². The molecule has 1 rings (SSSR count). The largest absolute Gasteiger partial charge is 0.511 e. The molecular weight excluding hydrogens is 221 g/mol. The molecular formula is C6H11F3N2O2S. The first-order valence-electron chi connectivity index (χ1n) is 4.04.